The fraction of sp³-hybridized carbons (Fsp3) is 0.206. The maximum atomic E-state index is 13.7. The van der Waals surface area contributed by atoms with Crippen LogP contribution in [0.4, 0.5) is 21.9 Å². The third-order valence-corrected chi connectivity index (χ3v) is 8.81. The molecular weight excluding hydrogens is 710 g/mol. The summed E-state index contributed by atoms with van der Waals surface area (Å²) in [5, 5.41) is 31.6. The Morgan fingerprint density at radius 3 is 2.32 bits per heavy atom. The van der Waals surface area contributed by atoms with E-state index in [1.165, 1.54) is 23.1 Å². The summed E-state index contributed by atoms with van der Waals surface area (Å²) in [7, 11) is 0. The van der Waals surface area contributed by atoms with E-state index in [2.05, 4.69) is 41.8 Å². The number of aromatic nitrogens is 5. The molecule has 1 fully saturated rings. The van der Waals surface area contributed by atoms with E-state index in [1.807, 2.05) is 0 Å². The lowest BCUT2D eigenvalue weighted by atomic mass is 9.96. The molecule has 0 bridgehead atoms. The van der Waals surface area contributed by atoms with Crippen LogP contribution in [0.3, 0.4) is 0 Å². The van der Waals surface area contributed by atoms with Crippen molar-refractivity contribution in [3.63, 3.8) is 0 Å². The number of halogens is 1. The molecule has 1 aliphatic heterocycles. The SMILES string of the molecule is NC(=O)C1CCN(C(=O)Nc2ccc(CC(NC(=O)C(=O)Nc3cc(Cl)ccc3-n3cnnn3)C(=O)Nc3ccc4[nH]c(C(=O)O)cc4c3)cc2)CC1. The molecule has 0 radical (unpaired) electrons. The van der Waals surface area contributed by atoms with Crippen LogP contribution in [0.15, 0.2) is 73.1 Å². The van der Waals surface area contributed by atoms with Gasteiger partial charge in [0, 0.05) is 52.7 Å². The van der Waals surface area contributed by atoms with E-state index >= 15 is 0 Å². The van der Waals surface area contributed by atoms with Crippen molar-refractivity contribution in [1.29, 1.82) is 0 Å². The van der Waals surface area contributed by atoms with E-state index in [4.69, 9.17) is 17.3 Å². The summed E-state index contributed by atoms with van der Waals surface area (Å²) >= 11 is 6.14. The van der Waals surface area contributed by atoms with Gasteiger partial charge in [-0.25, -0.2) is 9.59 Å². The van der Waals surface area contributed by atoms with Gasteiger partial charge in [-0.2, -0.15) is 4.68 Å². The molecule has 18 nitrogen and oxygen atoms in total. The minimum Gasteiger partial charge on any atom is -0.477 e. The first-order chi connectivity index (χ1) is 25.4. The van der Waals surface area contributed by atoms with Gasteiger partial charge in [0.2, 0.25) is 11.8 Å². The number of nitrogens with two attached hydrogens (primary N) is 1. The summed E-state index contributed by atoms with van der Waals surface area (Å²) in [4.78, 5) is 80.2. The molecule has 3 heterocycles. The third kappa shape index (κ3) is 8.74. The number of carboxylic acid groups (broad SMARTS) is 1. The summed E-state index contributed by atoms with van der Waals surface area (Å²) in [6.07, 6.45) is 2.19. The Morgan fingerprint density at radius 1 is 0.906 bits per heavy atom. The molecule has 19 heteroatoms. The smallest absolute Gasteiger partial charge is 0.352 e. The Bertz CT molecular complexity index is 2200. The van der Waals surface area contributed by atoms with E-state index in [0.717, 1.165) is 0 Å². The maximum Gasteiger partial charge on any atom is 0.352 e. The fourth-order valence-corrected chi connectivity index (χ4v) is 5.95. The molecular formula is C34H32ClN11O7. The lowest BCUT2D eigenvalue weighted by molar-refractivity contribution is -0.137. The van der Waals surface area contributed by atoms with Gasteiger partial charge in [0.25, 0.3) is 0 Å². The number of nitrogens with one attached hydrogen (secondary N) is 5. The Kier molecular flexibility index (Phi) is 10.6. The number of carbonyl (C=O) groups excluding carboxylic acids is 5. The first kappa shape index (κ1) is 36.0. The number of aromatic amines is 1. The number of primary amides is 1. The highest BCUT2D eigenvalue weighted by atomic mass is 35.5. The van der Waals surface area contributed by atoms with E-state index < -0.39 is 29.7 Å². The number of rotatable bonds is 10. The second-order valence-corrected chi connectivity index (χ2v) is 12.6. The summed E-state index contributed by atoms with van der Waals surface area (Å²) in [5.41, 5.74) is 7.70. The number of H-pyrrole nitrogens is 1. The number of urea groups is 1. The average molecular weight is 742 g/mol. The van der Waals surface area contributed by atoms with Gasteiger partial charge >= 0.3 is 23.8 Å². The number of tetrazole rings is 1. The highest BCUT2D eigenvalue weighted by Gasteiger charge is 2.28. The Morgan fingerprint density at radius 2 is 1.64 bits per heavy atom. The zero-order chi connectivity index (χ0) is 37.6. The van der Waals surface area contributed by atoms with E-state index in [1.54, 1.807) is 59.5 Å². The number of carboxylic acids is 1. The van der Waals surface area contributed by atoms with Crippen LogP contribution in [0, 0.1) is 5.92 Å². The number of anilines is 3. The van der Waals surface area contributed by atoms with Gasteiger partial charge in [-0.3, -0.25) is 19.2 Å². The molecule has 2 aromatic heterocycles. The molecule has 3 aromatic carbocycles. The van der Waals surface area contributed by atoms with Crippen molar-refractivity contribution in [3.05, 3.63) is 89.3 Å². The molecule has 5 aromatic rings. The first-order valence-electron chi connectivity index (χ1n) is 16.2. The van der Waals surface area contributed by atoms with Crippen molar-refractivity contribution in [1.82, 2.24) is 35.4 Å². The van der Waals surface area contributed by atoms with Crippen LogP contribution in [-0.4, -0.2) is 90.0 Å². The number of hydrogen-bond acceptors (Lipinski definition) is 9. The van der Waals surface area contributed by atoms with Crippen LogP contribution in [0.2, 0.25) is 5.02 Å². The number of piperidine rings is 1. The first-order valence-corrected chi connectivity index (χ1v) is 16.6. The number of nitrogens with zero attached hydrogens (tertiary/aromatic N) is 5. The van der Waals surface area contributed by atoms with Gasteiger partial charge in [0.05, 0.1) is 11.4 Å². The monoisotopic (exact) mass is 741 g/mol. The van der Waals surface area contributed by atoms with Crippen LogP contribution in [0.25, 0.3) is 16.6 Å². The Hall–Kier alpha value is -6.82. The second-order valence-electron chi connectivity index (χ2n) is 12.2. The van der Waals surface area contributed by atoms with E-state index in [-0.39, 0.29) is 40.7 Å². The van der Waals surface area contributed by atoms with Crippen molar-refractivity contribution in [2.24, 2.45) is 11.7 Å². The Labute approximate surface area is 305 Å². The predicted molar refractivity (Wildman–Crippen MR) is 191 cm³/mol. The number of amides is 6. The zero-order valence-corrected chi connectivity index (χ0v) is 28.5. The second kappa shape index (κ2) is 15.6. The standard InChI is InChI=1S/C34H32ClN11O7/c35-21-3-8-28(46-17-37-43-44-46)25(16-21)41-31(49)32(50)42-26(30(48)38-23-6-7-24-20(14-23)15-27(40-24)33(51)52)13-18-1-4-22(5-2-18)39-34(53)45-11-9-19(10-12-45)29(36)47/h1-8,14-17,19,26,40H,9-13H2,(H2,36,47)(H,38,48)(H,39,53)(H,41,49)(H,42,50)(H,51,52). The lowest BCUT2D eigenvalue weighted by Gasteiger charge is -2.30. The number of carbonyl (C=O) groups is 6. The molecule has 6 rings (SSSR count). The van der Waals surface area contributed by atoms with E-state index in [0.29, 0.717) is 59.5 Å². The van der Waals surface area contributed by atoms with Crippen LogP contribution in [0.5, 0.6) is 0 Å². The fourth-order valence-electron chi connectivity index (χ4n) is 5.78. The number of fused-ring (bicyclic) bond motifs is 1. The van der Waals surface area contributed by atoms with Crippen LogP contribution in [-0.2, 0) is 25.6 Å². The Balaban J connectivity index is 1.17. The van der Waals surface area contributed by atoms with Crippen LogP contribution in [0.1, 0.15) is 28.9 Å². The highest BCUT2D eigenvalue weighted by molar-refractivity contribution is 6.40. The van der Waals surface area contributed by atoms with Crippen molar-refractivity contribution in [2.45, 2.75) is 25.3 Å². The molecule has 8 N–H and O–H groups in total. The topological polar surface area (TPSA) is 259 Å². The molecule has 1 atom stereocenters. The lowest BCUT2D eigenvalue weighted by Crippen LogP contribution is -2.49. The van der Waals surface area contributed by atoms with Crippen molar-refractivity contribution in [3.8, 4) is 5.69 Å². The number of aromatic carboxylic acids is 1. The van der Waals surface area contributed by atoms with Crippen LogP contribution >= 0.6 is 11.6 Å². The van der Waals surface area contributed by atoms with Gasteiger partial charge in [-0.15, -0.1) is 5.10 Å². The quantitative estimate of drug-likeness (QED) is 0.103. The normalized spacial score (nSPS) is 13.6. The molecule has 0 aliphatic carbocycles. The minimum atomic E-state index is -1.28. The highest BCUT2D eigenvalue weighted by Crippen LogP contribution is 2.25. The van der Waals surface area contributed by atoms with Gasteiger partial charge in [0.15, 0.2) is 0 Å². The van der Waals surface area contributed by atoms with Crippen LogP contribution < -0.4 is 27.0 Å². The molecule has 1 unspecified atom stereocenters. The largest absolute Gasteiger partial charge is 0.477 e. The van der Waals surface area contributed by atoms with Crippen molar-refractivity contribution < 1.29 is 33.9 Å². The van der Waals surface area contributed by atoms with Gasteiger partial charge in [-0.1, -0.05) is 23.7 Å². The zero-order valence-electron chi connectivity index (χ0n) is 27.7. The molecule has 53 heavy (non-hydrogen) atoms. The van der Waals surface area contributed by atoms with Crippen molar-refractivity contribution >= 4 is 75.2 Å². The maximum absolute atomic E-state index is 13.7. The summed E-state index contributed by atoms with van der Waals surface area (Å²) < 4.78 is 1.26. The molecule has 1 saturated heterocycles. The average Bonchev–Trinajstić information content (AvgIpc) is 3.83. The van der Waals surface area contributed by atoms with E-state index in [9.17, 15) is 33.9 Å². The molecule has 1 aliphatic rings. The van der Waals surface area contributed by atoms with Gasteiger partial charge < -0.3 is 42.0 Å². The third-order valence-electron chi connectivity index (χ3n) is 8.58. The molecule has 0 spiro atoms. The number of hydrogen-bond donors (Lipinski definition) is 7. The van der Waals surface area contributed by atoms with Gasteiger partial charge in [-0.05, 0) is 83.4 Å². The molecule has 272 valence electrons. The summed E-state index contributed by atoms with van der Waals surface area (Å²) in [5.74, 6) is -4.70. The van der Waals surface area contributed by atoms with Gasteiger partial charge in [0.1, 0.15) is 18.1 Å². The molecule has 0 saturated carbocycles. The number of benzene rings is 3. The predicted octanol–water partition coefficient (Wildman–Crippen LogP) is 2.53. The number of likely N-dealkylation sites (tertiary alicyclic amines) is 1. The minimum absolute atomic E-state index is 0.0325. The van der Waals surface area contributed by atoms with Crippen molar-refractivity contribution in [2.75, 3.05) is 29.0 Å². The molecule has 6 amide bonds. The summed E-state index contributed by atoms with van der Waals surface area (Å²) in [6, 6.07) is 15.6. The summed E-state index contributed by atoms with van der Waals surface area (Å²) in [6.45, 7) is 0.769.